The van der Waals surface area contributed by atoms with Gasteiger partial charge in [-0.15, -0.1) is 11.8 Å². The second kappa shape index (κ2) is 11.8. The standard InChI is InChI=1S/C25H34N2O2S/c1-6-23(25(29)26-7-2)27(15-21-10-8-9-18(3)12-21)24(28)17-30-16-22-13-19(4)11-20(5)14-22/h8-14,23H,6-7,15-17H2,1-5H3,(H,26,29)/t23-/m1/s1. The molecule has 4 nitrogen and oxygen atoms in total. The van der Waals surface area contributed by atoms with Crippen LogP contribution in [0.25, 0.3) is 0 Å². The van der Waals surface area contributed by atoms with Crippen molar-refractivity contribution in [3.05, 3.63) is 70.3 Å². The van der Waals surface area contributed by atoms with Crippen molar-refractivity contribution >= 4 is 23.6 Å². The topological polar surface area (TPSA) is 49.4 Å². The van der Waals surface area contributed by atoms with Gasteiger partial charge in [0, 0.05) is 18.8 Å². The number of thioether (sulfide) groups is 1. The molecule has 0 fully saturated rings. The lowest BCUT2D eigenvalue weighted by molar-refractivity contribution is -0.139. The maximum atomic E-state index is 13.2. The van der Waals surface area contributed by atoms with E-state index in [-0.39, 0.29) is 11.8 Å². The summed E-state index contributed by atoms with van der Waals surface area (Å²) in [7, 11) is 0. The predicted molar refractivity (Wildman–Crippen MR) is 127 cm³/mol. The first kappa shape index (κ1) is 24.0. The van der Waals surface area contributed by atoms with Gasteiger partial charge in [0.15, 0.2) is 0 Å². The Morgan fingerprint density at radius 2 is 1.63 bits per heavy atom. The monoisotopic (exact) mass is 426 g/mol. The van der Waals surface area contributed by atoms with Crippen LogP contribution in [-0.2, 0) is 21.9 Å². The Hall–Kier alpha value is -2.27. The second-order valence-electron chi connectivity index (χ2n) is 7.82. The zero-order valence-corrected chi connectivity index (χ0v) is 19.6. The van der Waals surface area contributed by atoms with Crippen molar-refractivity contribution in [2.24, 2.45) is 0 Å². The molecule has 0 radical (unpaired) electrons. The number of amides is 2. The number of aryl methyl sites for hydroxylation is 3. The first-order valence-corrected chi connectivity index (χ1v) is 11.8. The smallest absolute Gasteiger partial charge is 0.242 e. The van der Waals surface area contributed by atoms with Gasteiger partial charge in [0.25, 0.3) is 0 Å². The molecule has 162 valence electrons. The van der Waals surface area contributed by atoms with Crippen molar-refractivity contribution in [2.45, 2.75) is 59.4 Å². The van der Waals surface area contributed by atoms with Crippen LogP contribution in [0.2, 0.25) is 0 Å². The van der Waals surface area contributed by atoms with E-state index < -0.39 is 6.04 Å². The molecule has 0 aliphatic heterocycles. The number of rotatable bonds is 10. The molecule has 0 aliphatic carbocycles. The summed E-state index contributed by atoms with van der Waals surface area (Å²) >= 11 is 1.60. The highest BCUT2D eigenvalue weighted by Gasteiger charge is 2.28. The van der Waals surface area contributed by atoms with Crippen LogP contribution < -0.4 is 5.32 Å². The van der Waals surface area contributed by atoms with Gasteiger partial charge in [0.1, 0.15) is 6.04 Å². The lowest BCUT2D eigenvalue weighted by Crippen LogP contribution is -2.49. The van der Waals surface area contributed by atoms with Crippen LogP contribution in [0.15, 0.2) is 42.5 Å². The molecule has 0 heterocycles. The quantitative estimate of drug-likeness (QED) is 0.594. The highest BCUT2D eigenvalue weighted by Crippen LogP contribution is 2.19. The minimum absolute atomic E-state index is 0.00369. The molecule has 0 saturated carbocycles. The van der Waals surface area contributed by atoms with Gasteiger partial charge >= 0.3 is 0 Å². The summed E-state index contributed by atoms with van der Waals surface area (Å²) in [5.74, 6) is 1.06. The van der Waals surface area contributed by atoms with Crippen LogP contribution in [0, 0.1) is 20.8 Å². The van der Waals surface area contributed by atoms with Gasteiger partial charge in [0.2, 0.25) is 11.8 Å². The third-order valence-corrected chi connectivity index (χ3v) is 5.94. The van der Waals surface area contributed by atoms with Crippen molar-refractivity contribution < 1.29 is 9.59 Å². The minimum atomic E-state index is -0.459. The molecule has 30 heavy (non-hydrogen) atoms. The number of nitrogens with one attached hydrogen (secondary N) is 1. The average molecular weight is 427 g/mol. The fourth-order valence-electron chi connectivity index (χ4n) is 3.71. The number of nitrogens with zero attached hydrogens (tertiary/aromatic N) is 1. The van der Waals surface area contributed by atoms with Gasteiger partial charge in [-0.1, -0.05) is 66.1 Å². The third-order valence-electron chi connectivity index (χ3n) is 4.95. The largest absolute Gasteiger partial charge is 0.355 e. The molecule has 2 amide bonds. The third kappa shape index (κ3) is 7.21. The first-order chi connectivity index (χ1) is 14.3. The highest BCUT2D eigenvalue weighted by molar-refractivity contribution is 7.99. The maximum absolute atomic E-state index is 13.2. The van der Waals surface area contributed by atoms with E-state index in [2.05, 4.69) is 43.4 Å². The van der Waals surface area contributed by atoms with Crippen molar-refractivity contribution in [3.8, 4) is 0 Å². The molecule has 0 unspecified atom stereocenters. The lowest BCUT2D eigenvalue weighted by atomic mass is 10.1. The van der Waals surface area contributed by atoms with Crippen LogP contribution in [0.4, 0.5) is 0 Å². The number of hydrogen-bond acceptors (Lipinski definition) is 3. The van der Waals surface area contributed by atoms with E-state index in [1.807, 2.05) is 39.0 Å². The summed E-state index contributed by atoms with van der Waals surface area (Å²) in [5.41, 5.74) is 5.90. The van der Waals surface area contributed by atoms with Crippen molar-refractivity contribution in [1.82, 2.24) is 10.2 Å². The fraction of sp³-hybridized carbons (Fsp3) is 0.440. The van der Waals surface area contributed by atoms with Crippen LogP contribution in [0.3, 0.4) is 0 Å². The number of likely N-dealkylation sites (N-methyl/N-ethyl adjacent to an activating group) is 1. The second-order valence-corrected chi connectivity index (χ2v) is 8.80. The summed E-state index contributed by atoms with van der Waals surface area (Å²) in [5, 5.41) is 2.88. The Labute approximate surface area is 185 Å². The van der Waals surface area contributed by atoms with Gasteiger partial charge in [-0.2, -0.15) is 0 Å². The normalized spacial score (nSPS) is 11.8. The molecule has 0 aromatic heterocycles. The molecule has 2 aromatic carbocycles. The Morgan fingerprint density at radius 1 is 0.967 bits per heavy atom. The molecule has 0 spiro atoms. The molecule has 2 rings (SSSR count). The lowest BCUT2D eigenvalue weighted by Gasteiger charge is -2.30. The zero-order valence-electron chi connectivity index (χ0n) is 18.8. The van der Waals surface area contributed by atoms with Gasteiger partial charge in [0.05, 0.1) is 5.75 Å². The number of benzene rings is 2. The Balaban J connectivity index is 2.12. The Kier molecular flexibility index (Phi) is 9.44. The van der Waals surface area contributed by atoms with E-state index in [4.69, 9.17) is 0 Å². The SMILES string of the molecule is CCNC(=O)[C@@H](CC)N(Cc1cccc(C)c1)C(=O)CSCc1cc(C)cc(C)c1. The maximum Gasteiger partial charge on any atom is 0.242 e. The number of carbonyl (C=O) groups excluding carboxylic acids is 2. The molecule has 2 aromatic rings. The predicted octanol–water partition coefficient (Wildman–Crippen LogP) is 4.79. The van der Waals surface area contributed by atoms with Crippen LogP contribution in [0.5, 0.6) is 0 Å². The molecule has 0 bridgehead atoms. The van der Waals surface area contributed by atoms with Crippen LogP contribution >= 0.6 is 11.8 Å². The van der Waals surface area contributed by atoms with Crippen molar-refractivity contribution in [2.75, 3.05) is 12.3 Å². The van der Waals surface area contributed by atoms with Gasteiger partial charge in [-0.3, -0.25) is 9.59 Å². The van der Waals surface area contributed by atoms with E-state index in [0.29, 0.717) is 25.3 Å². The molecule has 0 aliphatic rings. The number of hydrogen-bond donors (Lipinski definition) is 1. The van der Waals surface area contributed by atoms with Crippen molar-refractivity contribution in [3.63, 3.8) is 0 Å². The Bertz CT molecular complexity index is 846. The summed E-state index contributed by atoms with van der Waals surface area (Å²) in [4.78, 5) is 27.6. The Morgan fingerprint density at radius 3 is 2.23 bits per heavy atom. The van der Waals surface area contributed by atoms with E-state index in [1.165, 1.54) is 16.7 Å². The van der Waals surface area contributed by atoms with Crippen LogP contribution in [-0.4, -0.2) is 35.1 Å². The summed E-state index contributed by atoms with van der Waals surface area (Å²) < 4.78 is 0. The van der Waals surface area contributed by atoms with E-state index in [1.54, 1.807) is 16.7 Å². The van der Waals surface area contributed by atoms with Crippen molar-refractivity contribution in [1.29, 1.82) is 0 Å². The fourth-order valence-corrected chi connectivity index (χ4v) is 4.56. The van der Waals surface area contributed by atoms with E-state index in [9.17, 15) is 9.59 Å². The minimum Gasteiger partial charge on any atom is -0.355 e. The summed E-state index contributed by atoms with van der Waals surface area (Å²) in [6.45, 7) is 11.1. The molecular weight excluding hydrogens is 392 g/mol. The molecule has 0 saturated heterocycles. The molecule has 5 heteroatoms. The summed E-state index contributed by atoms with van der Waals surface area (Å²) in [6.07, 6.45) is 0.588. The zero-order chi connectivity index (χ0) is 22.1. The molecular formula is C25H34N2O2S. The van der Waals surface area contributed by atoms with Gasteiger partial charge in [-0.05, 0) is 45.2 Å². The van der Waals surface area contributed by atoms with Gasteiger partial charge < -0.3 is 10.2 Å². The van der Waals surface area contributed by atoms with Gasteiger partial charge in [-0.25, -0.2) is 0 Å². The number of carbonyl (C=O) groups is 2. The first-order valence-electron chi connectivity index (χ1n) is 10.6. The molecule has 1 atom stereocenters. The van der Waals surface area contributed by atoms with E-state index in [0.717, 1.165) is 16.9 Å². The summed E-state index contributed by atoms with van der Waals surface area (Å²) in [6, 6.07) is 14.2. The highest BCUT2D eigenvalue weighted by atomic mass is 32.2. The van der Waals surface area contributed by atoms with E-state index >= 15 is 0 Å². The average Bonchev–Trinajstić information content (AvgIpc) is 2.67. The van der Waals surface area contributed by atoms with Crippen LogP contribution in [0.1, 0.15) is 48.1 Å². The molecule has 1 N–H and O–H groups in total.